The Hall–Kier alpha value is -2.60. The number of esters is 1. The van der Waals surface area contributed by atoms with E-state index in [2.05, 4.69) is 33.8 Å². The maximum Gasteiger partial charge on any atom is 0.342 e. The molecule has 0 radical (unpaired) electrons. The summed E-state index contributed by atoms with van der Waals surface area (Å²) in [6.07, 6.45) is 3.62. The molecular weight excluding hydrogens is 378 g/mol. The number of pyridine rings is 1. The molecule has 2 aromatic rings. The number of anilines is 1. The second-order valence-electron chi connectivity index (χ2n) is 8.11. The lowest BCUT2D eigenvalue weighted by molar-refractivity contribution is 0.0378. The van der Waals surface area contributed by atoms with Crippen molar-refractivity contribution < 1.29 is 14.3 Å². The first-order chi connectivity index (χ1) is 14.5. The highest BCUT2D eigenvalue weighted by atomic mass is 16.5. The van der Waals surface area contributed by atoms with Gasteiger partial charge in [-0.1, -0.05) is 19.1 Å². The van der Waals surface area contributed by atoms with Crippen molar-refractivity contribution in [1.82, 2.24) is 9.88 Å². The number of carbonyl (C=O) groups excluding carboxylic acids is 1. The number of hydrogen-bond acceptors (Lipinski definition) is 6. The van der Waals surface area contributed by atoms with E-state index < -0.39 is 0 Å². The molecule has 30 heavy (non-hydrogen) atoms. The Labute approximate surface area is 179 Å². The van der Waals surface area contributed by atoms with Crippen molar-refractivity contribution >= 4 is 11.8 Å². The molecule has 3 rings (SSSR count). The summed E-state index contributed by atoms with van der Waals surface area (Å²) in [5.41, 5.74) is 1.80. The van der Waals surface area contributed by atoms with Gasteiger partial charge in [0.05, 0.1) is 12.7 Å². The first-order valence-corrected chi connectivity index (χ1v) is 10.8. The van der Waals surface area contributed by atoms with E-state index in [1.165, 1.54) is 5.56 Å². The Kier molecular flexibility index (Phi) is 7.69. The zero-order valence-electron chi connectivity index (χ0n) is 18.5. The molecule has 6 nitrogen and oxygen atoms in total. The summed E-state index contributed by atoms with van der Waals surface area (Å²) >= 11 is 0. The van der Waals surface area contributed by atoms with E-state index in [4.69, 9.17) is 9.47 Å². The first kappa shape index (κ1) is 22.1. The molecule has 0 aliphatic carbocycles. The van der Waals surface area contributed by atoms with E-state index in [-0.39, 0.29) is 12.1 Å². The molecule has 0 bridgehead atoms. The number of aromatic nitrogens is 1. The van der Waals surface area contributed by atoms with E-state index >= 15 is 0 Å². The maximum atomic E-state index is 12.5. The number of nitrogens with zero attached hydrogens (tertiary/aromatic N) is 3. The van der Waals surface area contributed by atoms with Crippen molar-refractivity contribution in [3.05, 3.63) is 53.7 Å². The van der Waals surface area contributed by atoms with Crippen LogP contribution >= 0.6 is 0 Å². The Morgan fingerprint density at radius 1 is 1.27 bits per heavy atom. The third-order valence-electron chi connectivity index (χ3n) is 5.28. The number of benzene rings is 1. The molecule has 0 amide bonds. The molecule has 6 heteroatoms. The fourth-order valence-corrected chi connectivity index (χ4v) is 3.73. The van der Waals surface area contributed by atoms with Crippen molar-refractivity contribution in [2.24, 2.45) is 0 Å². The summed E-state index contributed by atoms with van der Waals surface area (Å²) in [7, 11) is 2.02. The standard InChI is InChI=1S/C24H33N3O3/c1-5-15-29-21-10-8-19(9-11-21)16-27-14-12-20(17-27)26(4)23-22(7-6-13-25-23)24(28)30-18(2)3/h6-11,13,18,20H,5,12,14-17H2,1-4H3. The number of rotatable bonds is 9. The zero-order chi connectivity index (χ0) is 21.5. The zero-order valence-corrected chi connectivity index (χ0v) is 18.5. The molecule has 162 valence electrons. The molecule has 2 heterocycles. The van der Waals surface area contributed by atoms with Gasteiger partial charge in [0.25, 0.3) is 0 Å². The molecule has 1 unspecified atom stereocenters. The van der Waals surface area contributed by atoms with Gasteiger partial charge in [-0.25, -0.2) is 9.78 Å². The normalized spacial score (nSPS) is 16.6. The van der Waals surface area contributed by atoms with Crippen LogP contribution in [-0.2, 0) is 11.3 Å². The summed E-state index contributed by atoms with van der Waals surface area (Å²) in [6, 6.07) is 12.2. The highest BCUT2D eigenvalue weighted by Crippen LogP contribution is 2.25. The summed E-state index contributed by atoms with van der Waals surface area (Å²) in [5.74, 6) is 1.29. The molecule has 0 saturated carbocycles. The smallest absolute Gasteiger partial charge is 0.342 e. The highest BCUT2D eigenvalue weighted by molar-refractivity contribution is 5.94. The molecule has 0 N–H and O–H groups in total. The second kappa shape index (κ2) is 10.4. The van der Waals surface area contributed by atoms with Crippen LogP contribution in [0.25, 0.3) is 0 Å². The minimum absolute atomic E-state index is 0.156. The van der Waals surface area contributed by atoms with Crippen molar-refractivity contribution in [1.29, 1.82) is 0 Å². The lowest BCUT2D eigenvalue weighted by Crippen LogP contribution is -2.36. The molecule has 1 atom stereocenters. The third kappa shape index (κ3) is 5.72. The van der Waals surface area contributed by atoms with Crippen LogP contribution < -0.4 is 9.64 Å². The fourth-order valence-electron chi connectivity index (χ4n) is 3.73. The van der Waals surface area contributed by atoms with Gasteiger partial charge >= 0.3 is 5.97 Å². The summed E-state index contributed by atoms with van der Waals surface area (Å²) < 4.78 is 11.1. The van der Waals surface area contributed by atoms with Gasteiger partial charge in [0, 0.05) is 38.9 Å². The molecule has 0 spiro atoms. The van der Waals surface area contributed by atoms with Gasteiger partial charge in [0.1, 0.15) is 17.1 Å². The van der Waals surface area contributed by atoms with E-state index in [1.807, 2.05) is 33.0 Å². The van der Waals surface area contributed by atoms with Crippen LogP contribution in [0.3, 0.4) is 0 Å². The first-order valence-electron chi connectivity index (χ1n) is 10.8. The number of ether oxygens (including phenoxy) is 2. The fraction of sp³-hybridized carbons (Fsp3) is 0.500. The molecule has 1 aromatic carbocycles. The third-order valence-corrected chi connectivity index (χ3v) is 5.28. The van der Waals surface area contributed by atoms with Gasteiger partial charge < -0.3 is 14.4 Å². The molecule has 1 aromatic heterocycles. The summed E-state index contributed by atoms with van der Waals surface area (Å²) in [6.45, 7) is 9.42. The van der Waals surface area contributed by atoms with Crippen molar-refractivity contribution in [2.75, 3.05) is 31.6 Å². The second-order valence-corrected chi connectivity index (χ2v) is 8.11. The predicted octanol–water partition coefficient (Wildman–Crippen LogP) is 4.15. The molecule has 1 aliphatic rings. The minimum atomic E-state index is -0.319. The van der Waals surface area contributed by atoms with Crippen molar-refractivity contribution in [3.63, 3.8) is 0 Å². The number of carbonyl (C=O) groups is 1. The van der Waals surface area contributed by atoms with E-state index in [0.29, 0.717) is 17.4 Å². The van der Waals surface area contributed by atoms with Crippen LogP contribution in [0, 0.1) is 0 Å². The van der Waals surface area contributed by atoms with Gasteiger partial charge in [-0.15, -0.1) is 0 Å². The van der Waals surface area contributed by atoms with Gasteiger partial charge in [-0.05, 0) is 56.5 Å². The number of likely N-dealkylation sites (tertiary alicyclic amines) is 1. The van der Waals surface area contributed by atoms with Gasteiger partial charge in [-0.2, -0.15) is 0 Å². The Morgan fingerprint density at radius 2 is 2.03 bits per heavy atom. The van der Waals surface area contributed by atoms with Gasteiger partial charge in [0.15, 0.2) is 0 Å². The SMILES string of the molecule is CCCOc1ccc(CN2CCC(N(C)c3ncccc3C(=O)OC(C)C)C2)cc1. The molecular formula is C24H33N3O3. The number of likely N-dealkylation sites (N-methyl/N-ethyl adjacent to an activating group) is 1. The highest BCUT2D eigenvalue weighted by Gasteiger charge is 2.29. The molecule has 1 aliphatic heterocycles. The van der Waals surface area contributed by atoms with Crippen LogP contribution in [0.5, 0.6) is 5.75 Å². The van der Waals surface area contributed by atoms with Crippen LogP contribution in [0.1, 0.15) is 49.5 Å². The Morgan fingerprint density at radius 3 is 2.73 bits per heavy atom. The lowest BCUT2D eigenvalue weighted by Gasteiger charge is -2.27. The summed E-state index contributed by atoms with van der Waals surface area (Å²) in [5, 5.41) is 0. The molecule has 1 saturated heterocycles. The quantitative estimate of drug-likeness (QED) is 0.578. The maximum absolute atomic E-state index is 12.5. The lowest BCUT2D eigenvalue weighted by atomic mass is 10.2. The minimum Gasteiger partial charge on any atom is -0.494 e. The van der Waals surface area contributed by atoms with E-state index in [1.54, 1.807) is 18.3 Å². The van der Waals surface area contributed by atoms with Crippen LogP contribution in [0.2, 0.25) is 0 Å². The largest absolute Gasteiger partial charge is 0.494 e. The predicted molar refractivity (Wildman–Crippen MR) is 119 cm³/mol. The molecule has 1 fully saturated rings. The van der Waals surface area contributed by atoms with Crippen molar-refractivity contribution in [2.45, 2.75) is 52.3 Å². The monoisotopic (exact) mass is 411 g/mol. The average Bonchev–Trinajstić information content (AvgIpc) is 3.20. The topological polar surface area (TPSA) is 54.9 Å². The number of hydrogen-bond donors (Lipinski definition) is 0. The average molecular weight is 412 g/mol. The van der Waals surface area contributed by atoms with Gasteiger partial charge in [0.2, 0.25) is 0 Å². The van der Waals surface area contributed by atoms with Crippen LogP contribution in [0.4, 0.5) is 5.82 Å². The van der Waals surface area contributed by atoms with Crippen molar-refractivity contribution in [3.8, 4) is 5.75 Å². The van der Waals surface area contributed by atoms with Crippen LogP contribution in [-0.4, -0.2) is 54.7 Å². The van der Waals surface area contributed by atoms with E-state index in [9.17, 15) is 4.79 Å². The van der Waals surface area contributed by atoms with Crippen LogP contribution in [0.15, 0.2) is 42.6 Å². The Bertz CT molecular complexity index is 823. The van der Waals surface area contributed by atoms with Gasteiger partial charge in [-0.3, -0.25) is 4.90 Å². The Balaban J connectivity index is 1.61. The van der Waals surface area contributed by atoms with E-state index in [0.717, 1.165) is 44.8 Å². The summed E-state index contributed by atoms with van der Waals surface area (Å²) in [4.78, 5) is 21.5.